The van der Waals surface area contributed by atoms with E-state index < -0.39 is 0 Å². The average Bonchev–Trinajstić information content (AvgIpc) is 3.15. The molecule has 1 saturated heterocycles. The number of carbonyl (C=O) groups excluding carboxylic acids is 1. The van der Waals surface area contributed by atoms with E-state index in [0.29, 0.717) is 24.2 Å². The van der Waals surface area contributed by atoms with Crippen molar-refractivity contribution in [3.05, 3.63) is 22.4 Å². The first-order valence-electron chi connectivity index (χ1n) is 9.87. The summed E-state index contributed by atoms with van der Waals surface area (Å²) in [6, 6.07) is 4.21. The second-order valence-electron chi connectivity index (χ2n) is 7.21. The second-order valence-corrected chi connectivity index (χ2v) is 8.24. The highest BCUT2D eigenvalue weighted by atomic mass is 35.5. The Morgan fingerprint density at radius 1 is 1.30 bits per heavy atom. The number of hydrogen-bond donors (Lipinski definition) is 1. The number of thiophene rings is 1. The predicted octanol–water partition coefficient (Wildman–Crippen LogP) is 4.29. The third kappa shape index (κ3) is 9.14. The van der Waals surface area contributed by atoms with E-state index in [1.54, 1.807) is 11.3 Å². The summed E-state index contributed by atoms with van der Waals surface area (Å²) >= 11 is 1.74. The largest absolute Gasteiger partial charge is 0.336 e. The van der Waals surface area contributed by atoms with Gasteiger partial charge in [-0.05, 0) is 62.3 Å². The highest BCUT2D eigenvalue weighted by Crippen LogP contribution is 2.24. The zero-order valence-electron chi connectivity index (χ0n) is 17.0. The van der Waals surface area contributed by atoms with Gasteiger partial charge in [-0.3, -0.25) is 4.79 Å². The lowest BCUT2D eigenvalue weighted by Gasteiger charge is -2.31. The van der Waals surface area contributed by atoms with Gasteiger partial charge in [0.05, 0.1) is 6.54 Å². The lowest BCUT2D eigenvalue weighted by atomic mass is 9.85. The fraction of sp³-hybridized carbons (Fsp3) is 0.750. The van der Waals surface area contributed by atoms with Gasteiger partial charge in [-0.25, -0.2) is 0 Å². The summed E-state index contributed by atoms with van der Waals surface area (Å²) in [7, 11) is 0. The van der Waals surface area contributed by atoms with Crippen LogP contribution in [0, 0.1) is 11.8 Å². The van der Waals surface area contributed by atoms with E-state index in [9.17, 15) is 4.79 Å². The maximum absolute atomic E-state index is 13.0. The smallest absolute Gasteiger partial charge is 0.223 e. The van der Waals surface area contributed by atoms with E-state index in [0.717, 1.165) is 45.8 Å². The number of carbonyl (C=O) groups is 1. The van der Waals surface area contributed by atoms with Gasteiger partial charge >= 0.3 is 0 Å². The molecule has 0 aliphatic carbocycles. The van der Waals surface area contributed by atoms with Crippen molar-refractivity contribution in [3.8, 4) is 0 Å². The van der Waals surface area contributed by atoms with Crippen LogP contribution in [0.4, 0.5) is 0 Å². The van der Waals surface area contributed by atoms with Crippen LogP contribution < -0.4 is 5.32 Å². The molecule has 27 heavy (non-hydrogen) atoms. The summed E-state index contributed by atoms with van der Waals surface area (Å²) in [6.07, 6.45) is 3.17. The molecular weight excluding hydrogens is 401 g/mol. The number of rotatable bonds is 10. The summed E-state index contributed by atoms with van der Waals surface area (Å²) in [5, 5.41) is 5.58. The van der Waals surface area contributed by atoms with E-state index in [-0.39, 0.29) is 24.8 Å². The van der Waals surface area contributed by atoms with Gasteiger partial charge in [0, 0.05) is 24.4 Å². The molecule has 1 N–H and O–H groups in total. The maximum Gasteiger partial charge on any atom is 0.223 e. The second kappa shape index (κ2) is 14.6. The van der Waals surface area contributed by atoms with E-state index in [4.69, 9.17) is 0 Å². The Labute approximate surface area is 181 Å². The summed E-state index contributed by atoms with van der Waals surface area (Å²) in [6.45, 7) is 13.5. The standard InChI is InChI=1S/C20H35N3OS.2ClH/c1-4-22(5-2)11-12-23(16-19-9-7-13-25-19)20(24)14-17(3)18-8-6-10-21-15-18;;/h7,9,13,17-18,21H,4-6,8,10-12,14-16H2,1-3H3;2*1H. The number of piperidine rings is 1. The van der Waals surface area contributed by atoms with Crippen LogP contribution >= 0.6 is 36.2 Å². The summed E-state index contributed by atoms with van der Waals surface area (Å²) in [5.41, 5.74) is 0. The molecule has 7 heteroatoms. The molecule has 158 valence electrons. The summed E-state index contributed by atoms with van der Waals surface area (Å²) in [4.78, 5) is 18.8. The molecule has 2 unspecified atom stereocenters. The van der Waals surface area contributed by atoms with Gasteiger partial charge in [-0.15, -0.1) is 36.2 Å². The van der Waals surface area contributed by atoms with Crippen LogP contribution in [0.15, 0.2) is 17.5 Å². The molecule has 0 aromatic carbocycles. The lowest BCUT2D eigenvalue weighted by Crippen LogP contribution is -2.40. The van der Waals surface area contributed by atoms with E-state index in [2.05, 4.69) is 53.4 Å². The number of nitrogens with zero attached hydrogens (tertiary/aromatic N) is 2. The molecule has 1 fully saturated rings. The molecule has 2 heterocycles. The van der Waals surface area contributed by atoms with Crippen molar-refractivity contribution >= 4 is 42.1 Å². The lowest BCUT2D eigenvalue weighted by molar-refractivity contribution is -0.133. The van der Waals surface area contributed by atoms with Crippen LogP contribution in [-0.4, -0.2) is 55.0 Å². The van der Waals surface area contributed by atoms with Crippen molar-refractivity contribution in [3.63, 3.8) is 0 Å². The van der Waals surface area contributed by atoms with E-state index >= 15 is 0 Å². The van der Waals surface area contributed by atoms with Crippen molar-refractivity contribution in [1.82, 2.24) is 15.1 Å². The number of nitrogens with one attached hydrogen (secondary N) is 1. The highest BCUT2D eigenvalue weighted by Gasteiger charge is 2.24. The number of likely N-dealkylation sites (N-methyl/N-ethyl adjacent to an activating group) is 1. The monoisotopic (exact) mass is 437 g/mol. The van der Waals surface area contributed by atoms with Gasteiger partial charge in [0.1, 0.15) is 0 Å². The Morgan fingerprint density at radius 2 is 2.04 bits per heavy atom. The topological polar surface area (TPSA) is 35.6 Å². The molecule has 0 bridgehead atoms. The Balaban J connectivity index is 0.00000338. The highest BCUT2D eigenvalue weighted by molar-refractivity contribution is 7.09. The number of hydrogen-bond acceptors (Lipinski definition) is 4. The molecule has 0 spiro atoms. The van der Waals surface area contributed by atoms with Crippen molar-refractivity contribution in [2.45, 2.75) is 46.6 Å². The third-order valence-electron chi connectivity index (χ3n) is 5.50. The van der Waals surface area contributed by atoms with Crippen LogP contribution in [0.3, 0.4) is 0 Å². The third-order valence-corrected chi connectivity index (χ3v) is 6.36. The SMILES string of the molecule is CCN(CC)CCN(Cc1cccs1)C(=O)CC(C)C1CCCNC1.Cl.Cl. The van der Waals surface area contributed by atoms with E-state index in [1.807, 2.05) is 0 Å². The van der Waals surface area contributed by atoms with E-state index in [1.165, 1.54) is 17.7 Å². The first kappa shape index (κ1) is 26.7. The molecule has 1 aliphatic rings. The Hall–Kier alpha value is -0.330. The minimum absolute atomic E-state index is 0. The fourth-order valence-corrected chi connectivity index (χ4v) is 4.34. The molecule has 1 amide bonds. The van der Waals surface area contributed by atoms with Crippen LogP contribution in [-0.2, 0) is 11.3 Å². The van der Waals surface area contributed by atoms with Gasteiger partial charge in [0.25, 0.3) is 0 Å². The molecule has 0 saturated carbocycles. The van der Waals surface area contributed by atoms with Gasteiger partial charge in [-0.1, -0.05) is 26.8 Å². The normalized spacial score (nSPS) is 17.7. The fourth-order valence-electron chi connectivity index (χ4n) is 3.62. The zero-order valence-corrected chi connectivity index (χ0v) is 19.4. The Morgan fingerprint density at radius 3 is 2.59 bits per heavy atom. The van der Waals surface area contributed by atoms with Crippen LogP contribution in [0.5, 0.6) is 0 Å². The van der Waals surface area contributed by atoms with Crippen molar-refractivity contribution in [1.29, 1.82) is 0 Å². The molecular formula is C20H37Cl2N3OS. The van der Waals surface area contributed by atoms with Crippen LogP contribution in [0.25, 0.3) is 0 Å². The van der Waals surface area contributed by atoms with Crippen molar-refractivity contribution < 1.29 is 4.79 Å². The quantitative estimate of drug-likeness (QED) is 0.592. The van der Waals surface area contributed by atoms with Crippen LogP contribution in [0.1, 0.15) is 44.9 Å². The molecule has 1 aliphatic heterocycles. The zero-order chi connectivity index (χ0) is 18.1. The summed E-state index contributed by atoms with van der Waals surface area (Å²) in [5.74, 6) is 1.42. The average molecular weight is 439 g/mol. The van der Waals surface area contributed by atoms with Gasteiger partial charge in [-0.2, -0.15) is 0 Å². The molecule has 1 aromatic rings. The molecule has 0 radical (unpaired) electrons. The summed E-state index contributed by atoms with van der Waals surface area (Å²) < 4.78 is 0. The molecule has 1 aromatic heterocycles. The Bertz CT molecular complexity index is 491. The predicted molar refractivity (Wildman–Crippen MR) is 121 cm³/mol. The number of amides is 1. The van der Waals surface area contributed by atoms with Crippen LogP contribution in [0.2, 0.25) is 0 Å². The minimum atomic E-state index is 0. The Kier molecular flexibility index (Phi) is 14.5. The first-order valence-corrected chi connectivity index (χ1v) is 10.7. The minimum Gasteiger partial charge on any atom is -0.336 e. The van der Waals surface area contributed by atoms with Gasteiger partial charge in [0.2, 0.25) is 5.91 Å². The van der Waals surface area contributed by atoms with Crippen molar-refractivity contribution in [2.75, 3.05) is 39.3 Å². The first-order chi connectivity index (χ1) is 12.1. The molecule has 2 atom stereocenters. The van der Waals surface area contributed by atoms with Gasteiger partial charge in [0.15, 0.2) is 0 Å². The van der Waals surface area contributed by atoms with Gasteiger partial charge < -0.3 is 15.1 Å². The van der Waals surface area contributed by atoms with Crippen molar-refractivity contribution in [2.24, 2.45) is 11.8 Å². The molecule has 4 nitrogen and oxygen atoms in total. The molecule has 2 rings (SSSR count). The maximum atomic E-state index is 13.0. The number of halogens is 2.